The van der Waals surface area contributed by atoms with Crippen LogP contribution >= 0.6 is 0 Å². The van der Waals surface area contributed by atoms with Gasteiger partial charge in [-0.3, -0.25) is 14.4 Å². The van der Waals surface area contributed by atoms with Crippen molar-refractivity contribution in [1.82, 2.24) is 0 Å². The second kappa shape index (κ2) is 53.9. The minimum absolute atomic E-state index is 0.135. The Hall–Kier alpha value is -4.71. The number of carbonyl (C=O) groups excluding carboxylic acids is 3. The Kier molecular flexibility index (Phi) is 50.1. The van der Waals surface area contributed by atoms with Crippen LogP contribution in [0.25, 0.3) is 0 Å². The molecule has 6 heteroatoms. The molecule has 0 saturated carbocycles. The van der Waals surface area contributed by atoms with Crippen molar-refractivity contribution in [3.8, 4) is 0 Å². The fourth-order valence-corrected chi connectivity index (χ4v) is 6.43. The number of hydrogen-bond acceptors (Lipinski definition) is 6. The summed E-state index contributed by atoms with van der Waals surface area (Å²) in [6, 6.07) is 0. The predicted octanol–water partition coefficient (Wildman–Crippen LogP) is 17.6. The predicted molar refractivity (Wildman–Crippen MR) is 288 cm³/mol. The quantitative estimate of drug-likeness (QED) is 0.0262. The second-order valence-electron chi connectivity index (χ2n) is 16.7. The Balaban J connectivity index is 4.62. The minimum atomic E-state index is -0.840. The van der Waals surface area contributed by atoms with E-state index in [1.807, 2.05) is 12.2 Å². The van der Waals surface area contributed by atoms with Gasteiger partial charge in [0, 0.05) is 19.3 Å². The van der Waals surface area contributed by atoms with Crippen molar-refractivity contribution in [3.63, 3.8) is 0 Å². The molecule has 0 heterocycles. The molecule has 0 spiro atoms. The maximum atomic E-state index is 12.8. The number of carbonyl (C=O) groups is 3. The zero-order valence-electron chi connectivity index (χ0n) is 42.6. The number of esters is 3. The van der Waals surface area contributed by atoms with Crippen molar-refractivity contribution in [1.29, 1.82) is 0 Å². The molecule has 0 amide bonds. The molecule has 0 unspecified atom stereocenters. The van der Waals surface area contributed by atoms with Gasteiger partial charge >= 0.3 is 17.9 Å². The van der Waals surface area contributed by atoms with E-state index in [2.05, 4.69) is 154 Å². The highest BCUT2D eigenvalue weighted by atomic mass is 16.6. The van der Waals surface area contributed by atoms with Gasteiger partial charge in [-0.15, -0.1) is 0 Å². The maximum absolute atomic E-state index is 12.8. The fourth-order valence-electron chi connectivity index (χ4n) is 6.43. The molecule has 6 nitrogen and oxygen atoms in total. The van der Waals surface area contributed by atoms with E-state index in [0.29, 0.717) is 12.8 Å². The fraction of sp³-hybridized carbons (Fsp3) is 0.557. The Morgan fingerprint density at radius 3 is 1.03 bits per heavy atom. The van der Waals surface area contributed by atoms with E-state index in [-0.39, 0.29) is 50.4 Å². The highest BCUT2D eigenvalue weighted by Crippen LogP contribution is 2.11. The van der Waals surface area contributed by atoms with Crippen LogP contribution in [0.1, 0.15) is 201 Å². The molecule has 0 aromatic carbocycles. The van der Waals surface area contributed by atoms with Crippen LogP contribution in [0.15, 0.2) is 146 Å². The van der Waals surface area contributed by atoms with Gasteiger partial charge in [0.25, 0.3) is 0 Å². The largest absolute Gasteiger partial charge is 0.462 e. The lowest BCUT2D eigenvalue weighted by atomic mass is 10.1. The average molecular weight is 923 g/mol. The molecule has 0 aliphatic heterocycles. The first-order valence-electron chi connectivity index (χ1n) is 26.3. The SMILES string of the molecule is CC/C=C\C/C=C\C/C=C\C/C=C\C/C=C\C/C=C\CCC(=O)OC[C@H](COC(=O)CCCC/C=C\C/C=C\C/C=C\CCCCC)OC(=O)CCCCCCC/C=C\C/C=C\C/C=C\CC. The number of ether oxygens (including phenoxy) is 3. The van der Waals surface area contributed by atoms with Gasteiger partial charge in [0.1, 0.15) is 13.2 Å². The molecular formula is C61H94O6. The highest BCUT2D eigenvalue weighted by molar-refractivity contribution is 5.71. The van der Waals surface area contributed by atoms with Crippen molar-refractivity contribution in [2.75, 3.05) is 13.2 Å². The molecule has 0 aliphatic carbocycles. The minimum Gasteiger partial charge on any atom is -0.462 e. The summed E-state index contributed by atoms with van der Waals surface area (Å²) in [5, 5.41) is 0. The lowest BCUT2D eigenvalue weighted by molar-refractivity contribution is -0.166. The molecule has 0 aliphatic rings. The van der Waals surface area contributed by atoms with Gasteiger partial charge in [-0.05, 0) is 128 Å². The number of hydrogen-bond donors (Lipinski definition) is 0. The Bertz CT molecular complexity index is 1530. The smallest absolute Gasteiger partial charge is 0.306 e. The second-order valence-corrected chi connectivity index (χ2v) is 16.7. The van der Waals surface area contributed by atoms with E-state index in [1.54, 1.807) is 0 Å². The van der Waals surface area contributed by atoms with Crippen molar-refractivity contribution in [3.05, 3.63) is 146 Å². The van der Waals surface area contributed by atoms with E-state index >= 15 is 0 Å². The maximum Gasteiger partial charge on any atom is 0.306 e. The number of rotatable bonds is 45. The lowest BCUT2D eigenvalue weighted by Gasteiger charge is -2.18. The van der Waals surface area contributed by atoms with Gasteiger partial charge in [-0.2, -0.15) is 0 Å². The summed E-state index contributed by atoms with van der Waals surface area (Å²) < 4.78 is 16.7. The highest BCUT2D eigenvalue weighted by Gasteiger charge is 2.19. The Labute approximate surface area is 410 Å². The average Bonchev–Trinajstić information content (AvgIpc) is 3.33. The van der Waals surface area contributed by atoms with Crippen LogP contribution in [0.3, 0.4) is 0 Å². The zero-order valence-corrected chi connectivity index (χ0v) is 42.6. The first-order chi connectivity index (χ1) is 33.0. The number of allylic oxidation sites excluding steroid dienone is 24. The van der Waals surface area contributed by atoms with Crippen LogP contribution in [0.4, 0.5) is 0 Å². The molecule has 374 valence electrons. The lowest BCUT2D eigenvalue weighted by Crippen LogP contribution is -2.30. The van der Waals surface area contributed by atoms with Crippen LogP contribution in [-0.4, -0.2) is 37.2 Å². The summed E-state index contributed by atoms with van der Waals surface area (Å²) in [6.07, 6.45) is 77.0. The van der Waals surface area contributed by atoms with Crippen molar-refractivity contribution in [2.45, 2.75) is 207 Å². The number of unbranched alkanes of at least 4 members (excludes halogenated alkanes) is 10. The summed E-state index contributed by atoms with van der Waals surface area (Å²) in [6.45, 7) is 6.24. The Morgan fingerprint density at radius 2 is 0.612 bits per heavy atom. The molecule has 67 heavy (non-hydrogen) atoms. The molecule has 0 bridgehead atoms. The summed E-state index contributed by atoms with van der Waals surface area (Å²) in [5.41, 5.74) is 0. The normalized spacial score (nSPS) is 13.3. The third-order valence-corrected chi connectivity index (χ3v) is 10.3. The molecule has 0 N–H and O–H groups in total. The van der Waals surface area contributed by atoms with Gasteiger partial charge in [-0.25, -0.2) is 0 Å². The van der Waals surface area contributed by atoms with E-state index in [4.69, 9.17) is 14.2 Å². The monoisotopic (exact) mass is 923 g/mol. The van der Waals surface area contributed by atoms with Crippen LogP contribution in [0.5, 0.6) is 0 Å². The van der Waals surface area contributed by atoms with E-state index < -0.39 is 6.10 Å². The standard InChI is InChI=1S/C61H94O6/c1-4-7-10-13-16-19-22-25-28-29-30-31-34-36-39-42-45-48-51-54-60(63)66-57-58(67-61(64)55-52-49-46-43-40-37-33-27-24-21-18-15-12-9-6-3)56-65-59(62)53-50-47-44-41-38-35-32-26-23-20-17-14-11-8-5-2/h7,9-10,12,16-21,25-28,30-33,36,38-39,41,45,48,58H,4-6,8,11,13-15,22-24,29,34-35,37,40,42-44,46-47,49-57H2,1-3H3/b10-7-,12-9-,19-16-,20-17-,21-18-,28-25-,31-30-,32-26-,33-27-,39-36-,41-38-,48-45-/t58-/m0/s1. The van der Waals surface area contributed by atoms with Crippen LogP contribution in [0, 0.1) is 0 Å². The molecule has 0 aromatic rings. The Morgan fingerprint density at radius 1 is 0.313 bits per heavy atom. The molecule has 0 radical (unpaired) electrons. The van der Waals surface area contributed by atoms with Gasteiger partial charge in [-0.1, -0.05) is 199 Å². The molecule has 0 saturated heterocycles. The molecule has 0 rings (SSSR count). The van der Waals surface area contributed by atoms with Gasteiger partial charge in [0.05, 0.1) is 0 Å². The molecular weight excluding hydrogens is 829 g/mol. The first kappa shape index (κ1) is 62.3. The van der Waals surface area contributed by atoms with Crippen LogP contribution in [-0.2, 0) is 28.6 Å². The van der Waals surface area contributed by atoms with Crippen molar-refractivity contribution in [2.24, 2.45) is 0 Å². The summed E-state index contributed by atoms with van der Waals surface area (Å²) in [7, 11) is 0. The van der Waals surface area contributed by atoms with E-state index in [1.165, 1.54) is 25.7 Å². The molecule has 0 aromatic heterocycles. The van der Waals surface area contributed by atoms with Crippen LogP contribution in [0.2, 0.25) is 0 Å². The van der Waals surface area contributed by atoms with E-state index in [0.717, 1.165) is 122 Å². The zero-order chi connectivity index (χ0) is 48.6. The van der Waals surface area contributed by atoms with Crippen LogP contribution < -0.4 is 0 Å². The van der Waals surface area contributed by atoms with Crippen molar-refractivity contribution < 1.29 is 28.6 Å². The topological polar surface area (TPSA) is 78.9 Å². The first-order valence-corrected chi connectivity index (χ1v) is 26.3. The van der Waals surface area contributed by atoms with Crippen molar-refractivity contribution >= 4 is 17.9 Å². The van der Waals surface area contributed by atoms with Gasteiger partial charge < -0.3 is 14.2 Å². The molecule has 1 atom stereocenters. The van der Waals surface area contributed by atoms with Gasteiger partial charge in [0.2, 0.25) is 0 Å². The molecule has 0 fully saturated rings. The summed E-state index contributed by atoms with van der Waals surface area (Å²) in [4.78, 5) is 38.0. The van der Waals surface area contributed by atoms with Gasteiger partial charge in [0.15, 0.2) is 6.10 Å². The van der Waals surface area contributed by atoms with E-state index in [9.17, 15) is 14.4 Å². The third kappa shape index (κ3) is 52.1. The summed E-state index contributed by atoms with van der Waals surface area (Å²) in [5.74, 6) is -1.08. The summed E-state index contributed by atoms with van der Waals surface area (Å²) >= 11 is 0. The third-order valence-electron chi connectivity index (χ3n) is 10.3.